The average Bonchev–Trinajstić information content (AvgIpc) is 2.44. The lowest BCUT2D eigenvalue weighted by Gasteiger charge is -2.07. The predicted octanol–water partition coefficient (Wildman–Crippen LogP) is 2.72. The van der Waals surface area contributed by atoms with Crippen molar-refractivity contribution in [1.29, 1.82) is 0 Å². The Bertz CT molecular complexity index is 611. The predicted molar refractivity (Wildman–Crippen MR) is 77.3 cm³/mol. The molecular weight excluding hydrogens is 278 g/mol. The van der Waals surface area contributed by atoms with E-state index in [1.54, 1.807) is 12.1 Å². The Labute approximate surface area is 121 Å². The third-order valence-corrected chi connectivity index (χ3v) is 3.12. The summed E-state index contributed by atoms with van der Waals surface area (Å²) in [5.74, 6) is -1.14. The molecule has 2 aromatic carbocycles. The molecule has 20 heavy (non-hydrogen) atoms. The van der Waals surface area contributed by atoms with Gasteiger partial charge in [0.15, 0.2) is 11.5 Å². The van der Waals surface area contributed by atoms with E-state index in [1.165, 1.54) is 18.2 Å². The summed E-state index contributed by atoms with van der Waals surface area (Å²) in [6.07, 6.45) is 0.655. The number of benzene rings is 2. The van der Waals surface area contributed by atoms with E-state index in [9.17, 15) is 15.0 Å². The van der Waals surface area contributed by atoms with E-state index < -0.39 is 11.7 Å². The molecule has 1 amide bonds. The third-order valence-electron chi connectivity index (χ3n) is 2.87. The third kappa shape index (κ3) is 3.42. The fraction of sp³-hybridized carbons (Fsp3) is 0.133. The van der Waals surface area contributed by atoms with E-state index in [0.29, 0.717) is 18.0 Å². The topological polar surface area (TPSA) is 69.6 Å². The SMILES string of the molecule is O=C(NCCc1ccc(Cl)cc1)c1cccc(O)c1O. The normalized spacial score (nSPS) is 10.2. The first-order valence-electron chi connectivity index (χ1n) is 6.11. The molecule has 0 heterocycles. The molecule has 0 fully saturated rings. The van der Waals surface area contributed by atoms with Crippen LogP contribution in [0.3, 0.4) is 0 Å². The Morgan fingerprint density at radius 1 is 1.10 bits per heavy atom. The number of rotatable bonds is 4. The van der Waals surface area contributed by atoms with Gasteiger partial charge in [-0.3, -0.25) is 4.79 Å². The van der Waals surface area contributed by atoms with Gasteiger partial charge in [-0.1, -0.05) is 29.8 Å². The summed E-state index contributed by atoms with van der Waals surface area (Å²) in [6, 6.07) is 11.6. The molecule has 0 aliphatic rings. The molecular formula is C15H14ClNO3. The number of nitrogens with one attached hydrogen (secondary N) is 1. The lowest BCUT2D eigenvalue weighted by atomic mass is 10.1. The summed E-state index contributed by atoms with van der Waals surface area (Å²) in [7, 11) is 0. The molecule has 3 N–H and O–H groups in total. The van der Waals surface area contributed by atoms with Crippen LogP contribution >= 0.6 is 11.6 Å². The lowest BCUT2D eigenvalue weighted by molar-refractivity contribution is 0.0951. The highest BCUT2D eigenvalue weighted by Gasteiger charge is 2.13. The van der Waals surface area contributed by atoms with Crippen LogP contribution in [0.15, 0.2) is 42.5 Å². The molecule has 0 aliphatic carbocycles. The number of aromatic hydroxyl groups is 2. The van der Waals surface area contributed by atoms with Gasteiger partial charge in [0.05, 0.1) is 5.56 Å². The summed E-state index contributed by atoms with van der Waals surface area (Å²) in [4.78, 5) is 11.9. The van der Waals surface area contributed by atoms with E-state index in [0.717, 1.165) is 5.56 Å². The van der Waals surface area contributed by atoms with Crippen LogP contribution in [0, 0.1) is 0 Å². The largest absolute Gasteiger partial charge is 0.504 e. The molecule has 0 saturated carbocycles. The maximum absolute atomic E-state index is 11.9. The molecule has 0 atom stereocenters. The summed E-state index contributed by atoms with van der Waals surface area (Å²) < 4.78 is 0. The average molecular weight is 292 g/mol. The van der Waals surface area contributed by atoms with Crippen molar-refractivity contribution in [3.63, 3.8) is 0 Å². The summed E-state index contributed by atoms with van der Waals surface area (Å²) >= 11 is 5.79. The van der Waals surface area contributed by atoms with Gasteiger partial charge in [0.25, 0.3) is 5.91 Å². The minimum absolute atomic E-state index is 0.0566. The minimum Gasteiger partial charge on any atom is -0.504 e. The summed E-state index contributed by atoms with van der Waals surface area (Å²) in [6.45, 7) is 0.426. The number of phenols is 2. The standard InChI is InChI=1S/C15H14ClNO3/c16-11-6-4-10(5-7-11)8-9-17-15(20)12-2-1-3-13(18)14(12)19/h1-7,18-19H,8-9H2,(H,17,20). The Morgan fingerprint density at radius 2 is 1.80 bits per heavy atom. The van der Waals surface area contributed by atoms with Crippen molar-refractivity contribution in [2.75, 3.05) is 6.54 Å². The number of hydrogen-bond donors (Lipinski definition) is 3. The number of carbonyl (C=O) groups excluding carboxylic acids is 1. The van der Waals surface area contributed by atoms with Crippen LogP contribution < -0.4 is 5.32 Å². The van der Waals surface area contributed by atoms with Crippen LogP contribution in [0.4, 0.5) is 0 Å². The quantitative estimate of drug-likeness (QED) is 0.759. The maximum Gasteiger partial charge on any atom is 0.255 e. The monoisotopic (exact) mass is 291 g/mol. The van der Waals surface area contributed by atoms with Gasteiger partial charge in [0.1, 0.15) is 0 Å². The first-order valence-corrected chi connectivity index (χ1v) is 6.49. The Kier molecular flexibility index (Phi) is 4.48. The molecule has 0 spiro atoms. The highest BCUT2D eigenvalue weighted by Crippen LogP contribution is 2.27. The number of halogens is 1. The van der Waals surface area contributed by atoms with Crippen LogP contribution in [0.25, 0.3) is 0 Å². The highest BCUT2D eigenvalue weighted by atomic mass is 35.5. The number of carbonyl (C=O) groups is 1. The van der Waals surface area contributed by atoms with E-state index in [1.807, 2.05) is 12.1 Å². The van der Waals surface area contributed by atoms with E-state index in [4.69, 9.17) is 11.6 Å². The number of phenolic OH excluding ortho intramolecular Hbond substituents is 2. The van der Waals surface area contributed by atoms with Gasteiger partial charge in [-0.05, 0) is 36.2 Å². The molecule has 0 radical (unpaired) electrons. The Hall–Kier alpha value is -2.20. The molecule has 0 aromatic heterocycles. The summed E-state index contributed by atoms with van der Waals surface area (Å²) in [5, 5.41) is 22.3. The second-order valence-electron chi connectivity index (χ2n) is 4.31. The van der Waals surface area contributed by atoms with Gasteiger partial charge < -0.3 is 15.5 Å². The van der Waals surface area contributed by atoms with Gasteiger partial charge in [0, 0.05) is 11.6 Å². The summed E-state index contributed by atoms with van der Waals surface area (Å²) in [5.41, 5.74) is 1.11. The second kappa shape index (κ2) is 6.30. The fourth-order valence-corrected chi connectivity index (χ4v) is 1.91. The van der Waals surface area contributed by atoms with Gasteiger partial charge in [0.2, 0.25) is 0 Å². The van der Waals surface area contributed by atoms with Crippen LogP contribution in [-0.2, 0) is 6.42 Å². The minimum atomic E-state index is -0.424. The zero-order chi connectivity index (χ0) is 14.5. The van der Waals surface area contributed by atoms with Crippen LogP contribution in [-0.4, -0.2) is 22.7 Å². The number of amides is 1. The first-order chi connectivity index (χ1) is 9.58. The molecule has 5 heteroatoms. The molecule has 104 valence electrons. The van der Waals surface area contributed by atoms with Crippen molar-refractivity contribution >= 4 is 17.5 Å². The van der Waals surface area contributed by atoms with Crippen molar-refractivity contribution in [1.82, 2.24) is 5.32 Å². The van der Waals surface area contributed by atoms with Gasteiger partial charge in [-0.2, -0.15) is 0 Å². The number of para-hydroxylation sites is 1. The van der Waals surface area contributed by atoms with Crippen molar-refractivity contribution in [3.8, 4) is 11.5 Å². The molecule has 2 aromatic rings. The first kappa shape index (κ1) is 14.2. The lowest BCUT2D eigenvalue weighted by Crippen LogP contribution is -2.25. The fourth-order valence-electron chi connectivity index (χ4n) is 1.78. The second-order valence-corrected chi connectivity index (χ2v) is 4.74. The maximum atomic E-state index is 11.9. The zero-order valence-corrected chi connectivity index (χ0v) is 11.4. The number of hydrogen-bond acceptors (Lipinski definition) is 3. The smallest absolute Gasteiger partial charge is 0.255 e. The molecule has 0 aliphatic heterocycles. The molecule has 0 unspecified atom stereocenters. The molecule has 2 rings (SSSR count). The zero-order valence-electron chi connectivity index (χ0n) is 10.6. The highest BCUT2D eigenvalue weighted by molar-refractivity contribution is 6.30. The van der Waals surface area contributed by atoms with Gasteiger partial charge in [-0.15, -0.1) is 0 Å². The van der Waals surface area contributed by atoms with Crippen LogP contribution in [0.1, 0.15) is 15.9 Å². The Morgan fingerprint density at radius 3 is 2.50 bits per heavy atom. The van der Waals surface area contributed by atoms with Crippen LogP contribution in [0.2, 0.25) is 5.02 Å². The van der Waals surface area contributed by atoms with Crippen molar-refractivity contribution in [3.05, 3.63) is 58.6 Å². The Balaban J connectivity index is 1.92. The molecule has 4 nitrogen and oxygen atoms in total. The van der Waals surface area contributed by atoms with Crippen molar-refractivity contribution < 1.29 is 15.0 Å². The van der Waals surface area contributed by atoms with E-state index >= 15 is 0 Å². The van der Waals surface area contributed by atoms with Gasteiger partial charge in [-0.25, -0.2) is 0 Å². The van der Waals surface area contributed by atoms with E-state index in [2.05, 4.69) is 5.32 Å². The molecule has 0 bridgehead atoms. The van der Waals surface area contributed by atoms with Gasteiger partial charge >= 0.3 is 0 Å². The van der Waals surface area contributed by atoms with Crippen molar-refractivity contribution in [2.45, 2.75) is 6.42 Å². The van der Waals surface area contributed by atoms with Crippen molar-refractivity contribution in [2.24, 2.45) is 0 Å². The molecule has 0 saturated heterocycles. The van der Waals surface area contributed by atoms with E-state index in [-0.39, 0.29) is 11.3 Å². The van der Waals surface area contributed by atoms with Crippen LogP contribution in [0.5, 0.6) is 11.5 Å².